The van der Waals surface area contributed by atoms with E-state index in [1.54, 1.807) is 11.3 Å². The van der Waals surface area contributed by atoms with E-state index in [4.69, 9.17) is 0 Å². The summed E-state index contributed by atoms with van der Waals surface area (Å²) in [5, 5.41) is 6.00. The molecule has 120 valence electrons. The van der Waals surface area contributed by atoms with E-state index in [-0.39, 0.29) is 0 Å². The summed E-state index contributed by atoms with van der Waals surface area (Å²) in [7, 11) is 2.23. The molecule has 0 aliphatic heterocycles. The van der Waals surface area contributed by atoms with E-state index in [1.165, 1.54) is 37.9 Å². The van der Waals surface area contributed by atoms with Crippen LogP contribution >= 0.6 is 11.3 Å². The number of thiazole rings is 1. The molecule has 0 aromatic carbocycles. The number of hydrogen-bond donors (Lipinski definition) is 1. The lowest BCUT2D eigenvalue weighted by Gasteiger charge is -2.45. The third kappa shape index (κ3) is 4.76. The molecule has 1 aliphatic rings. The topological polar surface area (TPSA) is 28.2 Å². The van der Waals surface area contributed by atoms with Gasteiger partial charge in [-0.15, -0.1) is 11.3 Å². The Morgan fingerprint density at radius 3 is 2.95 bits per heavy atom. The maximum Gasteiger partial charge on any atom is 0.0795 e. The Kier molecular flexibility index (Phi) is 6.20. The number of rotatable bonds is 7. The van der Waals surface area contributed by atoms with Gasteiger partial charge in [0.25, 0.3) is 0 Å². The Labute approximate surface area is 134 Å². The average molecular weight is 310 g/mol. The molecule has 1 aliphatic carbocycles. The van der Waals surface area contributed by atoms with Crippen LogP contribution in [0.25, 0.3) is 0 Å². The van der Waals surface area contributed by atoms with Crippen LogP contribution in [0.15, 0.2) is 10.9 Å². The lowest BCUT2D eigenvalue weighted by molar-refractivity contribution is 0.0835. The van der Waals surface area contributed by atoms with Gasteiger partial charge in [-0.3, -0.25) is 0 Å². The fourth-order valence-corrected chi connectivity index (χ4v) is 4.33. The van der Waals surface area contributed by atoms with E-state index in [2.05, 4.69) is 48.4 Å². The van der Waals surface area contributed by atoms with Gasteiger partial charge in [-0.25, -0.2) is 4.98 Å². The lowest BCUT2D eigenvalue weighted by Crippen LogP contribution is -2.52. The first-order chi connectivity index (χ1) is 10.0. The van der Waals surface area contributed by atoms with Crippen molar-refractivity contribution < 1.29 is 0 Å². The molecule has 1 N–H and O–H groups in total. The molecule has 2 rings (SSSR count). The molecule has 1 saturated carbocycles. The van der Waals surface area contributed by atoms with Gasteiger partial charge in [0.05, 0.1) is 11.2 Å². The molecule has 1 aromatic rings. The summed E-state index contributed by atoms with van der Waals surface area (Å²) in [6.45, 7) is 10.4. The minimum Gasteiger partial charge on any atom is -0.313 e. The highest BCUT2D eigenvalue weighted by Gasteiger charge is 2.38. The van der Waals surface area contributed by atoms with Gasteiger partial charge in [0.1, 0.15) is 0 Å². The van der Waals surface area contributed by atoms with Crippen LogP contribution < -0.4 is 5.32 Å². The van der Waals surface area contributed by atoms with Crippen LogP contribution in [0.3, 0.4) is 0 Å². The quantitative estimate of drug-likeness (QED) is 0.831. The van der Waals surface area contributed by atoms with Gasteiger partial charge in [-0.1, -0.05) is 27.2 Å². The molecule has 0 amide bonds. The fourth-order valence-electron chi connectivity index (χ4n) is 3.78. The minimum absolute atomic E-state index is 0.416. The Bertz CT molecular complexity index is 402. The molecule has 2 atom stereocenters. The van der Waals surface area contributed by atoms with Crippen molar-refractivity contribution in [1.82, 2.24) is 15.2 Å². The monoisotopic (exact) mass is 309 g/mol. The summed E-state index contributed by atoms with van der Waals surface area (Å²) in [5.41, 5.74) is 3.55. The molecule has 0 saturated heterocycles. The molecule has 3 nitrogen and oxygen atoms in total. The molecular weight excluding hydrogens is 278 g/mol. The third-order valence-electron chi connectivity index (χ3n) is 4.79. The van der Waals surface area contributed by atoms with Gasteiger partial charge >= 0.3 is 0 Å². The average Bonchev–Trinajstić information content (AvgIpc) is 2.90. The van der Waals surface area contributed by atoms with Crippen LogP contribution in [-0.4, -0.2) is 36.1 Å². The van der Waals surface area contributed by atoms with Crippen LogP contribution in [0.1, 0.15) is 52.1 Å². The van der Waals surface area contributed by atoms with Crippen LogP contribution in [0.2, 0.25) is 0 Å². The van der Waals surface area contributed by atoms with E-state index in [0.717, 1.165) is 19.0 Å². The highest BCUT2D eigenvalue weighted by atomic mass is 32.1. The Balaban J connectivity index is 1.94. The van der Waals surface area contributed by atoms with Gasteiger partial charge in [-0.2, -0.15) is 0 Å². The van der Waals surface area contributed by atoms with Gasteiger partial charge < -0.3 is 10.2 Å². The summed E-state index contributed by atoms with van der Waals surface area (Å²) in [5.74, 6) is 0.754. The van der Waals surface area contributed by atoms with Crippen molar-refractivity contribution in [2.45, 2.75) is 59.0 Å². The third-order valence-corrected chi connectivity index (χ3v) is 5.42. The lowest BCUT2D eigenvalue weighted by atomic mass is 9.67. The zero-order valence-electron chi connectivity index (χ0n) is 14.1. The number of aromatic nitrogens is 1. The van der Waals surface area contributed by atoms with Crippen molar-refractivity contribution in [1.29, 1.82) is 0 Å². The van der Waals surface area contributed by atoms with Gasteiger partial charge in [-0.05, 0) is 44.2 Å². The second kappa shape index (κ2) is 7.70. The summed E-state index contributed by atoms with van der Waals surface area (Å²) >= 11 is 1.69. The molecular formula is C17H31N3S. The normalized spacial score (nSPS) is 25.4. The van der Waals surface area contributed by atoms with E-state index < -0.39 is 0 Å². The SMILES string of the molecule is CCCNC1C(CN(C)Cc2cscn2)CCCC1(C)C. The van der Waals surface area contributed by atoms with Crippen LogP contribution in [0.5, 0.6) is 0 Å². The molecule has 0 bridgehead atoms. The van der Waals surface area contributed by atoms with Crippen molar-refractivity contribution in [2.24, 2.45) is 11.3 Å². The van der Waals surface area contributed by atoms with Crippen molar-refractivity contribution in [3.05, 3.63) is 16.6 Å². The zero-order valence-corrected chi connectivity index (χ0v) is 14.9. The highest BCUT2D eigenvalue weighted by Crippen LogP contribution is 2.39. The number of nitrogens with zero attached hydrogens (tertiary/aromatic N) is 2. The molecule has 1 aromatic heterocycles. The molecule has 2 unspecified atom stereocenters. The number of nitrogens with one attached hydrogen (secondary N) is 1. The second-order valence-electron chi connectivity index (χ2n) is 7.25. The van der Waals surface area contributed by atoms with Crippen molar-refractivity contribution in [2.75, 3.05) is 20.1 Å². The highest BCUT2D eigenvalue weighted by molar-refractivity contribution is 7.07. The van der Waals surface area contributed by atoms with Crippen molar-refractivity contribution >= 4 is 11.3 Å². The smallest absolute Gasteiger partial charge is 0.0795 e. The van der Waals surface area contributed by atoms with Gasteiger partial charge in [0, 0.05) is 24.5 Å². The standard InChI is InChI=1S/C17H31N3S/c1-5-9-18-16-14(7-6-8-17(16,2)3)10-20(4)11-15-12-21-13-19-15/h12-14,16,18H,5-11H2,1-4H3. The molecule has 0 radical (unpaired) electrons. The molecule has 1 heterocycles. The summed E-state index contributed by atoms with van der Waals surface area (Å²) < 4.78 is 0. The van der Waals surface area contributed by atoms with Gasteiger partial charge in [0.15, 0.2) is 0 Å². The fraction of sp³-hybridized carbons (Fsp3) is 0.824. The first kappa shape index (κ1) is 16.9. The summed E-state index contributed by atoms with van der Waals surface area (Å²) in [4.78, 5) is 6.85. The first-order valence-electron chi connectivity index (χ1n) is 8.32. The minimum atomic E-state index is 0.416. The zero-order chi connectivity index (χ0) is 15.3. The van der Waals surface area contributed by atoms with Crippen molar-refractivity contribution in [3.8, 4) is 0 Å². The molecule has 21 heavy (non-hydrogen) atoms. The summed E-state index contributed by atoms with van der Waals surface area (Å²) in [6.07, 6.45) is 5.29. The van der Waals surface area contributed by atoms with Crippen LogP contribution in [0.4, 0.5) is 0 Å². The molecule has 0 spiro atoms. The Morgan fingerprint density at radius 1 is 1.48 bits per heavy atom. The van der Waals surface area contributed by atoms with E-state index in [9.17, 15) is 0 Å². The Hall–Kier alpha value is -0.450. The van der Waals surface area contributed by atoms with E-state index in [1.807, 2.05) is 5.51 Å². The maximum atomic E-state index is 4.41. The van der Waals surface area contributed by atoms with Gasteiger partial charge in [0.2, 0.25) is 0 Å². The largest absolute Gasteiger partial charge is 0.313 e. The molecule has 4 heteroatoms. The van der Waals surface area contributed by atoms with E-state index in [0.29, 0.717) is 11.5 Å². The predicted octanol–water partition coefficient (Wildman–Crippen LogP) is 3.77. The maximum absolute atomic E-state index is 4.41. The number of hydrogen-bond acceptors (Lipinski definition) is 4. The van der Waals surface area contributed by atoms with Crippen LogP contribution in [0, 0.1) is 11.3 Å². The predicted molar refractivity (Wildman–Crippen MR) is 91.7 cm³/mol. The summed E-state index contributed by atoms with van der Waals surface area (Å²) in [6, 6.07) is 0.643. The Morgan fingerprint density at radius 2 is 2.29 bits per heavy atom. The van der Waals surface area contributed by atoms with Crippen molar-refractivity contribution in [3.63, 3.8) is 0 Å². The van der Waals surface area contributed by atoms with E-state index >= 15 is 0 Å². The first-order valence-corrected chi connectivity index (χ1v) is 9.26. The van der Waals surface area contributed by atoms with Crippen LogP contribution in [-0.2, 0) is 6.54 Å². The second-order valence-corrected chi connectivity index (χ2v) is 7.97. The molecule has 1 fully saturated rings.